The van der Waals surface area contributed by atoms with E-state index in [0.717, 1.165) is 10.6 Å². The predicted molar refractivity (Wildman–Crippen MR) is 77.4 cm³/mol. The monoisotopic (exact) mass is 277 g/mol. The average Bonchev–Trinajstić information content (AvgIpc) is 2.37. The number of aromatic nitrogens is 3. The van der Waals surface area contributed by atoms with E-state index in [-0.39, 0.29) is 6.04 Å². The molecule has 0 amide bonds. The van der Waals surface area contributed by atoms with Crippen LogP contribution in [-0.2, 0) is 6.54 Å². The summed E-state index contributed by atoms with van der Waals surface area (Å²) in [5, 5.41) is 14.8. The molecule has 1 aromatic carbocycles. The maximum atomic E-state index is 6.09. The maximum Gasteiger partial charge on any atom is 0.244 e. The zero-order chi connectivity index (χ0) is 13.7. The molecule has 0 saturated carbocycles. The van der Waals surface area contributed by atoms with E-state index < -0.39 is 0 Å². The van der Waals surface area contributed by atoms with Crippen molar-refractivity contribution in [2.24, 2.45) is 0 Å². The van der Waals surface area contributed by atoms with Gasteiger partial charge < -0.3 is 10.6 Å². The summed E-state index contributed by atoms with van der Waals surface area (Å²) in [4.78, 5) is 4.32. The Kier molecular flexibility index (Phi) is 4.52. The van der Waals surface area contributed by atoms with Crippen LogP contribution < -0.4 is 10.6 Å². The summed E-state index contributed by atoms with van der Waals surface area (Å²) in [5.41, 5.74) is 1.01. The molecule has 0 saturated heterocycles. The number of nitrogens with one attached hydrogen (secondary N) is 2. The van der Waals surface area contributed by atoms with Crippen LogP contribution in [0.25, 0.3) is 0 Å². The summed E-state index contributed by atoms with van der Waals surface area (Å²) in [6.07, 6.45) is 1.59. The predicted octanol–water partition coefficient (Wildman–Crippen LogP) is 2.96. The Morgan fingerprint density at radius 3 is 2.79 bits per heavy atom. The summed E-state index contributed by atoms with van der Waals surface area (Å²) < 4.78 is 0. The molecule has 1 heterocycles. The van der Waals surface area contributed by atoms with Gasteiger partial charge in [0, 0.05) is 17.6 Å². The van der Waals surface area contributed by atoms with Gasteiger partial charge in [0.25, 0.3) is 0 Å². The third-order valence-electron chi connectivity index (χ3n) is 2.39. The summed E-state index contributed by atoms with van der Waals surface area (Å²) in [6, 6.07) is 7.95. The van der Waals surface area contributed by atoms with Gasteiger partial charge in [0.05, 0.1) is 6.20 Å². The van der Waals surface area contributed by atoms with E-state index in [9.17, 15) is 0 Å². The van der Waals surface area contributed by atoms with E-state index in [1.54, 1.807) is 6.20 Å². The first kappa shape index (κ1) is 13.5. The van der Waals surface area contributed by atoms with Crippen LogP contribution in [0.1, 0.15) is 19.4 Å². The summed E-state index contributed by atoms with van der Waals surface area (Å²) in [7, 11) is 0. The highest BCUT2D eigenvalue weighted by Crippen LogP contribution is 2.16. The van der Waals surface area contributed by atoms with Crippen LogP contribution in [0.4, 0.5) is 11.8 Å². The summed E-state index contributed by atoms with van der Waals surface area (Å²) in [5.74, 6) is 1.18. The third-order valence-corrected chi connectivity index (χ3v) is 2.76. The van der Waals surface area contributed by atoms with Gasteiger partial charge in [0.15, 0.2) is 5.82 Å². The number of anilines is 2. The fraction of sp³-hybridized carbons (Fsp3) is 0.308. The standard InChI is InChI=1S/C13H16ClN5/c1-9(2)17-13-18-12(8-16-19-13)15-7-10-5-3-4-6-11(10)14/h3-6,8-9H,7H2,1-2H3,(H2,15,17,18,19). The highest BCUT2D eigenvalue weighted by molar-refractivity contribution is 6.31. The topological polar surface area (TPSA) is 62.7 Å². The van der Waals surface area contributed by atoms with E-state index in [1.165, 1.54) is 0 Å². The first-order chi connectivity index (χ1) is 9.15. The van der Waals surface area contributed by atoms with E-state index in [4.69, 9.17) is 11.6 Å². The van der Waals surface area contributed by atoms with E-state index in [2.05, 4.69) is 25.8 Å². The first-order valence-electron chi connectivity index (χ1n) is 6.08. The Morgan fingerprint density at radius 1 is 1.26 bits per heavy atom. The second kappa shape index (κ2) is 6.33. The van der Waals surface area contributed by atoms with Crippen LogP contribution in [0, 0.1) is 0 Å². The Bertz CT molecular complexity index is 544. The number of halogens is 1. The lowest BCUT2D eigenvalue weighted by atomic mass is 10.2. The van der Waals surface area contributed by atoms with Gasteiger partial charge in [0.2, 0.25) is 5.95 Å². The van der Waals surface area contributed by atoms with Gasteiger partial charge in [-0.15, -0.1) is 5.10 Å². The van der Waals surface area contributed by atoms with Crippen LogP contribution in [-0.4, -0.2) is 21.2 Å². The molecule has 0 unspecified atom stereocenters. The Hall–Kier alpha value is -1.88. The first-order valence-corrected chi connectivity index (χ1v) is 6.46. The third kappa shape index (κ3) is 4.06. The minimum absolute atomic E-state index is 0.264. The van der Waals surface area contributed by atoms with Gasteiger partial charge in [-0.05, 0) is 25.5 Å². The van der Waals surface area contributed by atoms with Crippen molar-refractivity contribution in [1.29, 1.82) is 0 Å². The maximum absolute atomic E-state index is 6.09. The smallest absolute Gasteiger partial charge is 0.244 e. The Morgan fingerprint density at radius 2 is 2.05 bits per heavy atom. The van der Waals surface area contributed by atoms with Gasteiger partial charge in [-0.1, -0.05) is 29.8 Å². The minimum Gasteiger partial charge on any atom is -0.364 e. The quantitative estimate of drug-likeness (QED) is 0.880. The van der Waals surface area contributed by atoms with Crippen molar-refractivity contribution in [1.82, 2.24) is 15.2 Å². The number of hydrogen-bond donors (Lipinski definition) is 2. The molecule has 0 aliphatic rings. The second-order valence-corrected chi connectivity index (χ2v) is 4.82. The molecule has 100 valence electrons. The van der Waals surface area contributed by atoms with Gasteiger partial charge in [-0.25, -0.2) is 0 Å². The molecule has 0 aliphatic carbocycles. The Labute approximate surface area is 117 Å². The number of benzene rings is 1. The highest BCUT2D eigenvalue weighted by Gasteiger charge is 2.03. The molecular formula is C13H16ClN5. The van der Waals surface area contributed by atoms with Gasteiger partial charge >= 0.3 is 0 Å². The molecule has 0 spiro atoms. The van der Waals surface area contributed by atoms with Gasteiger partial charge in [0.1, 0.15) is 0 Å². The van der Waals surface area contributed by atoms with Gasteiger partial charge in [-0.3, -0.25) is 0 Å². The number of nitrogens with zero attached hydrogens (tertiary/aromatic N) is 3. The van der Waals surface area contributed by atoms with E-state index in [0.29, 0.717) is 18.3 Å². The molecule has 1 aromatic heterocycles. The molecule has 2 rings (SSSR count). The van der Waals surface area contributed by atoms with Crippen molar-refractivity contribution < 1.29 is 0 Å². The lowest BCUT2D eigenvalue weighted by Gasteiger charge is -2.10. The van der Waals surface area contributed by atoms with Crippen LogP contribution in [0.2, 0.25) is 5.02 Å². The van der Waals surface area contributed by atoms with Crippen molar-refractivity contribution in [3.05, 3.63) is 41.0 Å². The molecule has 0 atom stereocenters. The zero-order valence-corrected chi connectivity index (χ0v) is 11.6. The molecular weight excluding hydrogens is 262 g/mol. The molecule has 2 aromatic rings. The number of hydrogen-bond acceptors (Lipinski definition) is 5. The molecule has 5 nitrogen and oxygen atoms in total. The molecule has 6 heteroatoms. The van der Waals surface area contributed by atoms with E-state index >= 15 is 0 Å². The highest BCUT2D eigenvalue weighted by atomic mass is 35.5. The molecule has 19 heavy (non-hydrogen) atoms. The molecule has 2 N–H and O–H groups in total. The zero-order valence-electron chi connectivity index (χ0n) is 10.9. The average molecular weight is 278 g/mol. The van der Waals surface area contributed by atoms with Crippen molar-refractivity contribution in [3.8, 4) is 0 Å². The molecule has 0 fully saturated rings. The minimum atomic E-state index is 0.264. The second-order valence-electron chi connectivity index (χ2n) is 4.41. The number of rotatable bonds is 5. The normalized spacial score (nSPS) is 10.5. The van der Waals surface area contributed by atoms with Crippen LogP contribution in [0.15, 0.2) is 30.5 Å². The van der Waals surface area contributed by atoms with E-state index in [1.807, 2.05) is 38.1 Å². The summed E-state index contributed by atoms with van der Waals surface area (Å²) in [6.45, 7) is 4.64. The lowest BCUT2D eigenvalue weighted by Crippen LogP contribution is -2.14. The largest absolute Gasteiger partial charge is 0.364 e. The van der Waals surface area contributed by atoms with Crippen LogP contribution in [0.3, 0.4) is 0 Å². The molecule has 0 aliphatic heterocycles. The SMILES string of the molecule is CC(C)Nc1nncc(NCc2ccccc2Cl)n1. The summed E-state index contributed by atoms with van der Waals surface area (Å²) >= 11 is 6.09. The lowest BCUT2D eigenvalue weighted by molar-refractivity contribution is 0.850. The van der Waals surface area contributed by atoms with Crippen molar-refractivity contribution in [2.75, 3.05) is 10.6 Å². The molecule has 0 bridgehead atoms. The van der Waals surface area contributed by atoms with Crippen molar-refractivity contribution >= 4 is 23.4 Å². The fourth-order valence-electron chi connectivity index (χ4n) is 1.54. The van der Waals surface area contributed by atoms with Gasteiger partial charge in [-0.2, -0.15) is 10.1 Å². The molecule has 0 radical (unpaired) electrons. The Balaban J connectivity index is 2.02. The fourth-order valence-corrected chi connectivity index (χ4v) is 1.74. The van der Waals surface area contributed by atoms with Crippen LogP contribution in [0.5, 0.6) is 0 Å². The van der Waals surface area contributed by atoms with Crippen molar-refractivity contribution in [3.63, 3.8) is 0 Å². The van der Waals surface area contributed by atoms with Crippen LogP contribution >= 0.6 is 11.6 Å². The van der Waals surface area contributed by atoms with Crippen molar-refractivity contribution in [2.45, 2.75) is 26.4 Å².